The molecule has 0 saturated heterocycles. The van der Waals surface area contributed by atoms with Crippen molar-refractivity contribution in [3.63, 3.8) is 0 Å². The van der Waals surface area contributed by atoms with Crippen molar-refractivity contribution in [1.29, 1.82) is 0 Å². The van der Waals surface area contributed by atoms with Gasteiger partial charge in [0.1, 0.15) is 0 Å². The molecule has 0 atom stereocenters. The third-order valence-corrected chi connectivity index (χ3v) is 3.49. The van der Waals surface area contributed by atoms with Crippen LogP contribution in [0.5, 0.6) is 0 Å². The van der Waals surface area contributed by atoms with Gasteiger partial charge in [0.2, 0.25) is 0 Å². The molecule has 0 aliphatic rings. The first-order valence-electron chi connectivity index (χ1n) is 7.19. The number of nitro benzene ring substituents is 1. The highest BCUT2D eigenvalue weighted by molar-refractivity contribution is 6.06. The van der Waals surface area contributed by atoms with Gasteiger partial charge >= 0.3 is 0 Å². The maximum absolute atomic E-state index is 12.2. The van der Waals surface area contributed by atoms with E-state index in [0.717, 1.165) is 11.3 Å². The van der Waals surface area contributed by atoms with E-state index in [-0.39, 0.29) is 11.5 Å². The molecule has 24 heavy (non-hydrogen) atoms. The zero-order chi connectivity index (χ0) is 16.9. The molecule has 118 valence electrons. The average molecular weight is 319 g/mol. The Labute approximate surface area is 137 Å². The van der Waals surface area contributed by atoms with Crippen molar-refractivity contribution in [2.45, 2.75) is 0 Å². The van der Waals surface area contributed by atoms with Gasteiger partial charge in [-0.2, -0.15) is 0 Å². The minimum Gasteiger partial charge on any atom is -0.306 e. The fourth-order valence-corrected chi connectivity index (χ4v) is 2.18. The smallest absolute Gasteiger partial charge is 0.269 e. The summed E-state index contributed by atoms with van der Waals surface area (Å²) in [5.41, 5.74) is 2.23. The summed E-state index contributed by atoms with van der Waals surface area (Å²) in [7, 11) is 0. The Bertz CT molecular complexity index is 880. The van der Waals surface area contributed by atoms with Crippen LogP contribution in [-0.4, -0.2) is 20.3 Å². The van der Waals surface area contributed by atoms with Crippen LogP contribution in [0.3, 0.4) is 0 Å². The van der Waals surface area contributed by atoms with Crippen molar-refractivity contribution < 1.29 is 9.72 Å². The lowest BCUT2D eigenvalue weighted by Crippen LogP contribution is -1.96. The first kappa shape index (κ1) is 15.4. The van der Waals surface area contributed by atoms with Gasteiger partial charge in [-0.3, -0.25) is 14.9 Å². The van der Waals surface area contributed by atoms with Gasteiger partial charge in [0.15, 0.2) is 5.78 Å². The summed E-state index contributed by atoms with van der Waals surface area (Å²) < 4.78 is 1.85. The number of nitrogens with zero attached hydrogens (tertiary/aromatic N) is 3. The van der Waals surface area contributed by atoms with Crippen molar-refractivity contribution in [1.82, 2.24) is 9.55 Å². The normalized spacial score (nSPS) is 10.8. The monoisotopic (exact) mass is 319 g/mol. The Morgan fingerprint density at radius 1 is 1.08 bits per heavy atom. The van der Waals surface area contributed by atoms with Crippen molar-refractivity contribution in [3.05, 3.63) is 94.6 Å². The molecule has 1 heterocycles. The van der Waals surface area contributed by atoms with Crippen LogP contribution in [0.2, 0.25) is 0 Å². The fraction of sp³-hybridized carbons (Fsp3) is 0. The molecule has 0 fully saturated rings. The molecular weight excluding hydrogens is 306 g/mol. The van der Waals surface area contributed by atoms with E-state index in [1.54, 1.807) is 42.9 Å². The first-order chi connectivity index (χ1) is 11.6. The number of hydrogen-bond acceptors (Lipinski definition) is 4. The molecule has 0 N–H and O–H groups in total. The topological polar surface area (TPSA) is 78.0 Å². The summed E-state index contributed by atoms with van der Waals surface area (Å²) in [6, 6.07) is 13.2. The second-order valence-corrected chi connectivity index (χ2v) is 5.06. The van der Waals surface area contributed by atoms with Crippen LogP contribution >= 0.6 is 0 Å². The van der Waals surface area contributed by atoms with Gasteiger partial charge in [-0.1, -0.05) is 6.08 Å². The average Bonchev–Trinajstić information content (AvgIpc) is 3.15. The largest absolute Gasteiger partial charge is 0.306 e. The number of ketones is 1. The van der Waals surface area contributed by atoms with Crippen LogP contribution < -0.4 is 0 Å². The zero-order valence-corrected chi connectivity index (χ0v) is 12.6. The van der Waals surface area contributed by atoms with Crippen molar-refractivity contribution in [3.8, 4) is 5.69 Å². The van der Waals surface area contributed by atoms with E-state index in [1.165, 1.54) is 18.2 Å². The Hall–Kier alpha value is -3.54. The molecule has 0 radical (unpaired) electrons. The Balaban J connectivity index is 1.71. The summed E-state index contributed by atoms with van der Waals surface area (Å²) >= 11 is 0. The van der Waals surface area contributed by atoms with Gasteiger partial charge in [-0.15, -0.1) is 0 Å². The fourth-order valence-electron chi connectivity index (χ4n) is 2.18. The van der Waals surface area contributed by atoms with Gasteiger partial charge in [-0.25, -0.2) is 4.98 Å². The lowest BCUT2D eigenvalue weighted by molar-refractivity contribution is -0.384. The van der Waals surface area contributed by atoms with E-state index in [4.69, 9.17) is 0 Å². The van der Waals surface area contributed by atoms with Crippen LogP contribution in [0.15, 0.2) is 73.3 Å². The molecule has 2 aromatic carbocycles. The highest BCUT2D eigenvalue weighted by atomic mass is 16.6. The van der Waals surface area contributed by atoms with E-state index >= 15 is 0 Å². The van der Waals surface area contributed by atoms with E-state index in [0.29, 0.717) is 5.56 Å². The SMILES string of the molecule is O=C(/C=C/c1ccc([N+](=O)[O-])cc1)c1ccc(-n2ccnc2)cc1. The summed E-state index contributed by atoms with van der Waals surface area (Å²) in [5, 5.41) is 10.6. The van der Waals surface area contributed by atoms with Crippen LogP contribution in [0.1, 0.15) is 15.9 Å². The van der Waals surface area contributed by atoms with Crippen molar-refractivity contribution in [2.24, 2.45) is 0 Å². The predicted molar refractivity (Wildman–Crippen MR) is 90.0 cm³/mol. The number of nitro groups is 1. The molecule has 0 saturated carbocycles. The maximum Gasteiger partial charge on any atom is 0.269 e. The molecule has 0 unspecified atom stereocenters. The molecule has 6 heteroatoms. The third-order valence-electron chi connectivity index (χ3n) is 3.49. The first-order valence-corrected chi connectivity index (χ1v) is 7.19. The van der Waals surface area contributed by atoms with Gasteiger partial charge in [0.05, 0.1) is 11.3 Å². The van der Waals surface area contributed by atoms with Gasteiger partial charge in [0.25, 0.3) is 5.69 Å². The standard InChI is InChI=1S/C18H13N3O3/c22-18(10-3-14-1-6-17(7-2-14)21(23)24)15-4-8-16(9-5-15)20-12-11-19-13-20/h1-13H/b10-3+. The summed E-state index contributed by atoms with van der Waals surface area (Å²) in [6.45, 7) is 0. The van der Waals surface area contributed by atoms with Crippen molar-refractivity contribution >= 4 is 17.5 Å². The third kappa shape index (κ3) is 3.44. The zero-order valence-electron chi connectivity index (χ0n) is 12.6. The maximum atomic E-state index is 12.2. The Kier molecular flexibility index (Phi) is 4.29. The van der Waals surface area contributed by atoms with E-state index < -0.39 is 4.92 Å². The Morgan fingerprint density at radius 2 is 1.79 bits per heavy atom. The second kappa shape index (κ2) is 6.70. The molecule has 1 aromatic heterocycles. The van der Waals surface area contributed by atoms with Gasteiger partial charge < -0.3 is 4.57 Å². The van der Waals surface area contributed by atoms with Crippen LogP contribution in [-0.2, 0) is 0 Å². The number of aromatic nitrogens is 2. The number of imidazole rings is 1. The van der Waals surface area contributed by atoms with E-state index in [9.17, 15) is 14.9 Å². The lowest BCUT2D eigenvalue weighted by atomic mass is 10.1. The van der Waals surface area contributed by atoms with Crippen LogP contribution in [0, 0.1) is 10.1 Å². The summed E-state index contributed by atoms with van der Waals surface area (Å²) in [6.07, 6.45) is 8.28. The molecule has 3 aromatic rings. The summed E-state index contributed by atoms with van der Waals surface area (Å²) in [4.78, 5) is 26.3. The minimum atomic E-state index is -0.458. The number of benzene rings is 2. The Morgan fingerprint density at radius 3 is 2.38 bits per heavy atom. The van der Waals surface area contributed by atoms with E-state index in [2.05, 4.69) is 4.98 Å². The molecule has 0 bridgehead atoms. The molecule has 0 amide bonds. The number of allylic oxidation sites excluding steroid dienone is 1. The number of non-ortho nitro benzene ring substituents is 1. The second-order valence-electron chi connectivity index (χ2n) is 5.06. The highest BCUT2D eigenvalue weighted by Crippen LogP contribution is 2.14. The predicted octanol–water partition coefficient (Wildman–Crippen LogP) is 3.68. The van der Waals surface area contributed by atoms with Crippen molar-refractivity contribution in [2.75, 3.05) is 0 Å². The number of rotatable bonds is 5. The quantitative estimate of drug-likeness (QED) is 0.311. The number of hydrogen-bond donors (Lipinski definition) is 0. The molecule has 3 rings (SSSR count). The van der Waals surface area contributed by atoms with E-state index in [1.807, 2.05) is 22.9 Å². The molecular formula is C18H13N3O3. The minimum absolute atomic E-state index is 0.0218. The molecule has 6 nitrogen and oxygen atoms in total. The van der Waals surface area contributed by atoms with Crippen LogP contribution in [0.25, 0.3) is 11.8 Å². The summed E-state index contributed by atoms with van der Waals surface area (Å²) in [5.74, 6) is -0.134. The van der Waals surface area contributed by atoms with Crippen LogP contribution in [0.4, 0.5) is 5.69 Å². The van der Waals surface area contributed by atoms with Gasteiger partial charge in [0, 0.05) is 35.8 Å². The number of carbonyl (C=O) groups is 1. The van der Waals surface area contributed by atoms with Gasteiger partial charge in [-0.05, 0) is 48.0 Å². The molecule has 0 spiro atoms. The highest BCUT2D eigenvalue weighted by Gasteiger charge is 2.04. The molecule has 0 aliphatic carbocycles. The lowest BCUT2D eigenvalue weighted by Gasteiger charge is -2.02. The number of carbonyl (C=O) groups excluding carboxylic acids is 1. The molecule has 0 aliphatic heterocycles.